The predicted molar refractivity (Wildman–Crippen MR) is 68.3 cm³/mol. The molecule has 0 aliphatic heterocycles. The number of alkyl halides is 2. The summed E-state index contributed by atoms with van der Waals surface area (Å²) in [6, 6.07) is 5.28. The third-order valence-corrected chi connectivity index (χ3v) is 5.54. The first-order valence-electron chi connectivity index (χ1n) is 4.32. The standard InChI is InChI=1S/C9H8Br2O5S/c10-7(8(11)9(12)13)5-1-3-6(4-2-5)17(14,15)16/h1-4,7-8H,(H,12,13)(H,14,15,16). The third kappa shape index (κ3) is 3.77. The quantitative estimate of drug-likeness (QED) is 0.610. The number of halogens is 2. The Morgan fingerprint density at radius 2 is 1.65 bits per heavy atom. The number of carboxylic acid groups (broad SMARTS) is 1. The van der Waals surface area contributed by atoms with E-state index in [2.05, 4.69) is 31.9 Å². The minimum absolute atomic E-state index is 0.234. The van der Waals surface area contributed by atoms with Gasteiger partial charge >= 0.3 is 5.97 Å². The summed E-state index contributed by atoms with van der Waals surface area (Å²) in [5.41, 5.74) is 0.585. The number of aliphatic carboxylic acids is 1. The lowest BCUT2D eigenvalue weighted by atomic mass is 10.1. The van der Waals surface area contributed by atoms with Gasteiger partial charge in [-0.2, -0.15) is 8.42 Å². The molecule has 2 unspecified atom stereocenters. The van der Waals surface area contributed by atoms with E-state index in [0.29, 0.717) is 5.56 Å². The van der Waals surface area contributed by atoms with Crippen molar-refractivity contribution < 1.29 is 22.9 Å². The molecule has 0 saturated heterocycles. The molecule has 0 aliphatic carbocycles. The minimum Gasteiger partial charge on any atom is -0.480 e. The molecule has 1 rings (SSSR count). The number of hydrogen-bond donors (Lipinski definition) is 2. The van der Waals surface area contributed by atoms with Crippen LogP contribution in [-0.4, -0.2) is 28.9 Å². The highest BCUT2D eigenvalue weighted by atomic mass is 79.9. The van der Waals surface area contributed by atoms with E-state index in [1.165, 1.54) is 24.3 Å². The Labute approximate surface area is 115 Å². The lowest BCUT2D eigenvalue weighted by Gasteiger charge is -2.13. The minimum atomic E-state index is -4.23. The van der Waals surface area contributed by atoms with Gasteiger partial charge in [-0.05, 0) is 17.7 Å². The molecule has 1 aromatic rings. The molecule has 0 amide bonds. The lowest BCUT2D eigenvalue weighted by Crippen LogP contribution is -2.17. The highest BCUT2D eigenvalue weighted by Crippen LogP contribution is 2.31. The zero-order valence-corrected chi connectivity index (χ0v) is 12.2. The molecule has 0 spiro atoms. The van der Waals surface area contributed by atoms with Gasteiger partial charge in [0.25, 0.3) is 10.1 Å². The van der Waals surface area contributed by atoms with Gasteiger partial charge in [0.15, 0.2) is 0 Å². The molecule has 2 N–H and O–H groups in total. The van der Waals surface area contributed by atoms with Gasteiger partial charge < -0.3 is 5.11 Å². The maximum absolute atomic E-state index is 10.8. The van der Waals surface area contributed by atoms with E-state index in [0.717, 1.165) is 0 Å². The topological polar surface area (TPSA) is 91.7 Å². The van der Waals surface area contributed by atoms with Crippen LogP contribution in [0.5, 0.6) is 0 Å². The van der Waals surface area contributed by atoms with Crippen molar-refractivity contribution in [1.29, 1.82) is 0 Å². The van der Waals surface area contributed by atoms with Crippen molar-refractivity contribution in [1.82, 2.24) is 0 Å². The third-order valence-electron chi connectivity index (χ3n) is 1.99. The fourth-order valence-electron chi connectivity index (χ4n) is 1.12. The smallest absolute Gasteiger partial charge is 0.318 e. The highest BCUT2D eigenvalue weighted by Gasteiger charge is 2.24. The Morgan fingerprint density at radius 1 is 1.18 bits per heavy atom. The predicted octanol–water partition coefficient (Wildman–Crippen LogP) is 2.22. The van der Waals surface area contributed by atoms with Gasteiger partial charge in [-0.15, -0.1) is 0 Å². The zero-order chi connectivity index (χ0) is 13.2. The summed E-state index contributed by atoms with van der Waals surface area (Å²) < 4.78 is 30.4. The van der Waals surface area contributed by atoms with Crippen LogP contribution in [0.25, 0.3) is 0 Å². The van der Waals surface area contributed by atoms with E-state index >= 15 is 0 Å². The number of carbonyl (C=O) groups is 1. The molecule has 1 aromatic carbocycles. The lowest BCUT2D eigenvalue weighted by molar-refractivity contribution is -0.136. The average Bonchev–Trinajstić information content (AvgIpc) is 2.26. The summed E-state index contributed by atoms with van der Waals surface area (Å²) in [4.78, 5) is 9.16. The summed E-state index contributed by atoms with van der Waals surface area (Å²) in [6.45, 7) is 0. The van der Waals surface area contributed by atoms with Crippen LogP contribution in [0.2, 0.25) is 0 Å². The van der Waals surface area contributed by atoms with Crippen LogP contribution in [0.15, 0.2) is 29.2 Å². The Hall–Kier alpha value is -0.440. The first kappa shape index (κ1) is 14.6. The zero-order valence-electron chi connectivity index (χ0n) is 8.25. The fraction of sp³-hybridized carbons (Fsp3) is 0.222. The fourth-order valence-corrected chi connectivity index (χ4v) is 2.43. The summed E-state index contributed by atoms with van der Waals surface area (Å²) in [7, 11) is -4.23. The van der Waals surface area contributed by atoms with Crippen LogP contribution < -0.4 is 0 Å². The van der Waals surface area contributed by atoms with Gasteiger partial charge in [-0.3, -0.25) is 9.35 Å². The van der Waals surface area contributed by atoms with Crippen LogP contribution in [0.4, 0.5) is 0 Å². The summed E-state index contributed by atoms with van der Waals surface area (Å²) in [6.07, 6.45) is 0. The van der Waals surface area contributed by atoms with E-state index in [-0.39, 0.29) is 4.90 Å². The van der Waals surface area contributed by atoms with Gasteiger partial charge in [0.2, 0.25) is 0 Å². The number of benzene rings is 1. The molecular formula is C9H8Br2O5S. The largest absolute Gasteiger partial charge is 0.480 e. The van der Waals surface area contributed by atoms with Crippen LogP contribution in [-0.2, 0) is 14.9 Å². The number of rotatable bonds is 4. The second-order valence-electron chi connectivity index (χ2n) is 3.19. The first-order valence-corrected chi connectivity index (χ1v) is 7.59. The normalized spacial score (nSPS) is 15.2. The molecule has 0 radical (unpaired) electrons. The Kier molecular flexibility index (Phi) is 4.70. The monoisotopic (exact) mass is 386 g/mol. The highest BCUT2D eigenvalue weighted by molar-refractivity contribution is 9.12. The van der Waals surface area contributed by atoms with Crippen molar-refractivity contribution in [3.63, 3.8) is 0 Å². The van der Waals surface area contributed by atoms with Crippen molar-refractivity contribution in [2.24, 2.45) is 0 Å². The molecule has 17 heavy (non-hydrogen) atoms. The van der Waals surface area contributed by atoms with Crippen LogP contribution >= 0.6 is 31.9 Å². The Balaban J connectivity index is 2.99. The van der Waals surface area contributed by atoms with Crippen LogP contribution in [0.3, 0.4) is 0 Å². The van der Waals surface area contributed by atoms with Gasteiger partial charge in [0, 0.05) is 0 Å². The van der Waals surface area contributed by atoms with Gasteiger partial charge in [-0.1, -0.05) is 44.0 Å². The molecule has 0 bridgehead atoms. The number of carboxylic acids is 1. The SMILES string of the molecule is O=C(O)C(Br)C(Br)c1ccc(S(=O)(=O)O)cc1. The van der Waals surface area contributed by atoms with Crippen LogP contribution in [0, 0.1) is 0 Å². The average molecular weight is 388 g/mol. The molecule has 5 nitrogen and oxygen atoms in total. The van der Waals surface area contributed by atoms with Crippen molar-refractivity contribution in [3.05, 3.63) is 29.8 Å². The van der Waals surface area contributed by atoms with E-state index in [1.807, 2.05) is 0 Å². The molecular weight excluding hydrogens is 380 g/mol. The maximum Gasteiger partial charge on any atom is 0.318 e. The second kappa shape index (κ2) is 5.47. The van der Waals surface area contributed by atoms with Gasteiger partial charge in [-0.25, -0.2) is 0 Å². The van der Waals surface area contributed by atoms with Gasteiger partial charge in [0.05, 0.1) is 9.72 Å². The maximum atomic E-state index is 10.8. The van der Waals surface area contributed by atoms with Crippen molar-refractivity contribution in [2.75, 3.05) is 0 Å². The molecule has 0 aromatic heterocycles. The summed E-state index contributed by atoms with van der Waals surface area (Å²) in [5.74, 6) is -1.04. The molecule has 2 atom stereocenters. The molecule has 8 heteroatoms. The van der Waals surface area contributed by atoms with E-state index in [1.54, 1.807) is 0 Å². The molecule has 0 heterocycles. The Bertz CT molecular complexity index is 511. The number of hydrogen-bond acceptors (Lipinski definition) is 3. The summed E-state index contributed by atoms with van der Waals surface area (Å²) in [5, 5.41) is 8.78. The molecule has 0 saturated carbocycles. The van der Waals surface area contributed by atoms with Crippen molar-refractivity contribution >= 4 is 47.9 Å². The molecule has 94 valence electrons. The van der Waals surface area contributed by atoms with E-state index in [4.69, 9.17) is 9.66 Å². The molecule has 0 fully saturated rings. The van der Waals surface area contributed by atoms with E-state index in [9.17, 15) is 13.2 Å². The van der Waals surface area contributed by atoms with Crippen LogP contribution in [0.1, 0.15) is 10.4 Å². The van der Waals surface area contributed by atoms with Crippen molar-refractivity contribution in [2.45, 2.75) is 14.5 Å². The second-order valence-corrected chi connectivity index (χ2v) is 6.58. The Morgan fingerprint density at radius 3 is 2.00 bits per heavy atom. The first-order chi connectivity index (χ1) is 7.73. The van der Waals surface area contributed by atoms with Gasteiger partial charge in [0.1, 0.15) is 4.83 Å². The molecule has 0 aliphatic rings. The summed E-state index contributed by atoms with van der Waals surface area (Å²) >= 11 is 6.18. The van der Waals surface area contributed by atoms with E-state index < -0.39 is 25.7 Å². The van der Waals surface area contributed by atoms with Crippen molar-refractivity contribution in [3.8, 4) is 0 Å².